The van der Waals surface area contributed by atoms with E-state index in [1.807, 2.05) is 39.1 Å². The summed E-state index contributed by atoms with van der Waals surface area (Å²) >= 11 is 0. The van der Waals surface area contributed by atoms with Gasteiger partial charge in [0.05, 0.1) is 12.0 Å². The molecule has 1 unspecified atom stereocenters. The topological polar surface area (TPSA) is 91.4 Å². The third-order valence-electron chi connectivity index (χ3n) is 4.19. The molecule has 1 atom stereocenters. The summed E-state index contributed by atoms with van der Waals surface area (Å²) in [4.78, 5) is 27.0. The van der Waals surface area contributed by atoms with Crippen LogP contribution in [0.1, 0.15) is 45.2 Å². The minimum Gasteiger partial charge on any atom is -0.480 e. The second-order valence-corrected chi connectivity index (χ2v) is 7.39. The summed E-state index contributed by atoms with van der Waals surface area (Å²) in [5.74, 6) is -1.36. The number of carboxylic acids is 1. The molecule has 1 heterocycles. The molecule has 0 fully saturated rings. The van der Waals surface area contributed by atoms with E-state index >= 15 is 0 Å². The Labute approximate surface area is 153 Å². The van der Waals surface area contributed by atoms with Gasteiger partial charge < -0.3 is 20.1 Å². The van der Waals surface area contributed by atoms with Gasteiger partial charge in [0.1, 0.15) is 6.04 Å². The van der Waals surface area contributed by atoms with Crippen molar-refractivity contribution in [1.29, 1.82) is 0 Å². The first-order chi connectivity index (χ1) is 12.2. The largest absolute Gasteiger partial charge is 0.480 e. The molecule has 3 N–H and O–H groups in total. The van der Waals surface area contributed by atoms with Crippen LogP contribution in [0.2, 0.25) is 0 Å². The number of fused-ring (bicyclic) bond motifs is 1. The SMILES string of the molecule is CCc1cccc2c(CC(=O)NC(CCOC(C)(C)C)C(=O)O)c[nH]c12. The van der Waals surface area contributed by atoms with Crippen molar-refractivity contribution in [3.05, 3.63) is 35.5 Å². The van der Waals surface area contributed by atoms with E-state index in [0.29, 0.717) is 0 Å². The number of aliphatic carboxylic acids is 1. The quantitative estimate of drug-likeness (QED) is 0.675. The van der Waals surface area contributed by atoms with Crippen LogP contribution >= 0.6 is 0 Å². The number of aromatic nitrogens is 1. The zero-order valence-electron chi connectivity index (χ0n) is 15.9. The van der Waals surface area contributed by atoms with Gasteiger partial charge in [0.2, 0.25) is 5.91 Å². The molecule has 6 nitrogen and oxygen atoms in total. The van der Waals surface area contributed by atoms with Crippen molar-refractivity contribution in [1.82, 2.24) is 10.3 Å². The lowest BCUT2D eigenvalue weighted by Gasteiger charge is -2.21. The van der Waals surface area contributed by atoms with Crippen LogP contribution in [-0.2, 0) is 27.2 Å². The van der Waals surface area contributed by atoms with Gasteiger partial charge in [-0.1, -0.05) is 25.1 Å². The van der Waals surface area contributed by atoms with Crippen molar-refractivity contribution in [3.8, 4) is 0 Å². The van der Waals surface area contributed by atoms with Gasteiger partial charge in [-0.2, -0.15) is 0 Å². The monoisotopic (exact) mass is 360 g/mol. The molecule has 0 aliphatic heterocycles. The Morgan fingerprint density at radius 3 is 2.62 bits per heavy atom. The summed E-state index contributed by atoms with van der Waals surface area (Å²) in [5.41, 5.74) is 2.75. The Bertz CT molecular complexity index is 774. The Morgan fingerprint density at radius 1 is 1.27 bits per heavy atom. The number of H-pyrrole nitrogens is 1. The molecule has 0 saturated carbocycles. The Balaban J connectivity index is 2.01. The van der Waals surface area contributed by atoms with Gasteiger partial charge in [0.25, 0.3) is 0 Å². The maximum absolute atomic E-state index is 12.4. The highest BCUT2D eigenvalue weighted by Crippen LogP contribution is 2.22. The van der Waals surface area contributed by atoms with Gasteiger partial charge in [0, 0.05) is 30.1 Å². The van der Waals surface area contributed by atoms with Crippen LogP contribution in [0.5, 0.6) is 0 Å². The van der Waals surface area contributed by atoms with E-state index in [9.17, 15) is 14.7 Å². The fourth-order valence-corrected chi connectivity index (χ4v) is 2.87. The van der Waals surface area contributed by atoms with Crippen molar-refractivity contribution < 1.29 is 19.4 Å². The van der Waals surface area contributed by atoms with Crippen molar-refractivity contribution in [2.24, 2.45) is 0 Å². The molecule has 142 valence electrons. The number of hydrogen-bond acceptors (Lipinski definition) is 3. The van der Waals surface area contributed by atoms with E-state index in [4.69, 9.17) is 4.74 Å². The van der Waals surface area contributed by atoms with Crippen LogP contribution in [-0.4, -0.2) is 40.2 Å². The number of hydrogen-bond donors (Lipinski definition) is 3. The van der Waals surface area contributed by atoms with Crippen molar-refractivity contribution in [3.63, 3.8) is 0 Å². The summed E-state index contributed by atoms with van der Waals surface area (Å²) in [5, 5.41) is 12.9. The van der Waals surface area contributed by atoms with Crippen LogP contribution < -0.4 is 5.32 Å². The number of carbonyl (C=O) groups excluding carboxylic acids is 1. The fourth-order valence-electron chi connectivity index (χ4n) is 2.87. The standard InChI is InChI=1S/C20H28N2O4/c1-5-13-7-6-8-15-14(12-21-18(13)15)11-17(23)22-16(19(24)25)9-10-26-20(2,3)4/h6-8,12,16,21H,5,9-11H2,1-4H3,(H,22,23)(H,24,25). The summed E-state index contributed by atoms with van der Waals surface area (Å²) in [7, 11) is 0. The average Bonchev–Trinajstić information content (AvgIpc) is 2.95. The van der Waals surface area contributed by atoms with Crippen molar-refractivity contribution in [2.75, 3.05) is 6.61 Å². The molecule has 2 aromatic rings. The molecule has 1 amide bonds. The van der Waals surface area contributed by atoms with Gasteiger partial charge in [-0.15, -0.1) is 0 Å². The van der Waals surface area contributed by atoms with E-state index in [1.165, 1.54) is 5.56 Å². The molecule has 0 aliphatic rings. The maximum Gasteiger partial charge on any atom is 0.326 e. The third kappa shape index (κ3) is 5.33. The number of benzene rings is 1. The number of carbonyl (C=O) groups is 2. The molecule has 0 bridgehead atoms. The summed E-state index contributed by atoms with van der Waals surface area (Å²) < 4.78 is 5.56. The lowest BCUT2D eigenvalue weighted by molar-refractivity contribution is -0.142. The maximum atomic E-state index is 12.4. The van der Waals surface area contributed by atoms with Crippen LogP contribution in [0.4, 0.5) is 0 Å². The van der Waals surface area contributed by atoms with Gasteiger partial charge in [0.15, 0.2) is 0 Å². The number of aromatic amines is 1. The van der Waals surface area contributed by atoms with Gasteiger partial charge in [-0.25, -0.2) is 4.79 Å². The molecular weight excluding hydrogens is 332 g/mol. The molecule has 6 heteroatoms. The zero-order chi connectivity index (χ0) is 19.3. The molecule has 2 rings (SSSR count). The van der Waals surface area contributed by atoms with Crippen LogP contribution in [0.3, 0.4) is 0 Å². The predicted molar refractivity (Wildman–Crippen MR) is 101 cm³/mol. The number of amides is 1. The molecule has 1 aromatic carbocycles. The molecule has 0 radical (unpaired) electrons. The molecule has 1 aromatic heterocycles. The van der Waals surface area contributed by atoms with Gasteiger partial charge in [-0.3, -0.25) is 4.79 Å². The second-order valence-electron chi connectivity index (χ2n) is 7.39. The predicted octanol–water partition coefficient (Wildman–Crippen LogP) is 3.05. The summed E-state index contributed by atoms with van der Waals surface area (Å²) in [6, 6.07) is 5.04. The smallest absolute Gasteiger partial charge is 0.326 e. The minimum absolute atomic E-state index is 0.136. The fraction of sp³-hybridized carbons (Fsp3) is 0.500. The van der Waals surface area contributed by atoms with E-state index < -0.39 is 12.0 Å². The first kappa shape index (κ1) is 20.0. The van der Waals surface area contributed by atoms with Crippen LogP contribution in [0.25, 0.3) is 10.9 Å². The van der Waals surface area contributed by atoms with E-state index in [1.54, 1.807) is 0 Å². The second kappa shape index (κ2) is 8.36. The third-order valence-corrected chi connectivity index (χ3v) is 4.19. The first-order valence-corrected chi connectivity index (χ1v) is 8.95. The summed E-state index contributed by atoms with van der Waals surface area (Å²) in [6.45, 7) is 8.07. The average molecular weight is 360 g/mol. The molecular formula is C20H28N2O4. The normalized spacial score (nSPS) is 12.9. The minimum atomic E-state index is -1.05. The zero-order valence-corrected chi connectivity index (χ0v) is 15.9. The highest BCUT2D eigenvalue weighted by Gasteiger charge is 2.22. The van der Waals surface area contributed by atoms with Crippen LogP contribution in [0.15, 0.2) is 24.4 Å². The molecule has 0 spiro atoms. The van der Waals surface area contributed by atoms with E-state index in [0.717, 1.165) is 22.9 Å². The van der Waals surface area contributed by atoms with E-state index in [2.05, 4.69) is 23.3 Å². The number of nitrogens with one attached hydrogen (secondary N) is 2. The Hall–Kier alpha value is -2.34. The number of ether oxygens (including phenoxy) is 1. The highest BCUT2D eigenvalue weighted by atomic mass is 16.5. The number of para-hydroxylation sites is 1. The van der Waals surface area contributed by atoms with Crippen molar-refractivity contribution >= 4 is 22.8 Å². The molecule has 26 heavy (non-hydrogen) atoms. The summed E-state index contributed by atoms with van der Waals surface area (Å²) in [6.07, 6.45) is 3.09. The Morgan fingerprint density at radius 2 is 2.00 bits per heavy atom. The number of rotatable bonds is 8. The lowest BCUT2D eigenvalue weighted by atomic mass is 10.1. The lowest BCUT2D eigenvalue weighted by Crippen LogP contribution is -2.42. The number of aryl methyl sites for hydroxylation is 1. The van der Waals surface area contributed by atoms with E-state index in [-0.39, 0.29) is 31.0 Å². The van der Waals surface area contributed by atoms with Gasteiger partial charge in [-0.05, 0) is 38.3 Å². The number of carboxylic acid groups (broad SMARTS) is 1. The van der Waals surface area contributed by atoms with Crippen molar-refractivity contribution in [2.45, 2.75) is 58.6 Å². The first-order valence-electron chi connectivity index (χ1n) is 8.95. The molecule has 0 saturated heterocycles. The van der Waals surface area contributed by atoms with Crippen LogP contribution in [0, 0.1) is 0 Å². The highest BCUT2D eigenvalue weighted by molar-refractivity contribution is 5.91. The molecule has 0 aliphatic carbocycles. The Kier molecular flexibility index (Phi) is 6.42. The van der Waals surface area contributed by atoms with Gasteiger partial charge >= 0.3 is 5.97 Å².